The van der Waals surface area contributed by atoms with E-state index < -0.39 is 24.2 Å². The van der Waals surface area contributed by atoms with Crippen LogP contribution in [0.2, 0.25) is 10.0 Å². The van der Waals surface area contributed by atoms with Crippen LogP contribution >= 0.6 is 23.2 Å². The molecule has 1 aromatic heterocycles. The monoisotopic (exact) mass is 423 g/mol. The molecule has 0 saturated heterocycles. The van der Waals surface area contributed by atoms with Crippen molar-refractivity contribution in [2.24, 2.45) is 0 Å². The van der Waals surface area contributed by atoms with Gasteiger partial charge in [-0.2, -0.15) is 0 Å². The largest absolute Gasteiger partial charge is 0.434 e. The lowest BCUT2D eigenvalue weighted by Gasteiger charge is -2.19. The number of ether oxygens (including phenoxy) is 2. The molecule has 1 aromatic carbocycles. The maximum atomic E-state index is 12.3. The lowest BCUT2D eigenvalue weighted by molar-refractivity contribution is -0.149. The number of hydrogen-bond donors (Lipinski definition) is 1. The van der Waals surface area contributed by atoms with Gasteiger partial charge in [0, 0.05) is 12.4 Å². The van der Waals surface area contributed by atoms with Crippen molar-refractivity contribution in [3.05, 3.63) is 70.4 Å². The minimum absolute atomic E-state index is 0.0402. The van der Waals surface area contributed by atoms with E-state index >= 15 is 0 Å². The van der Waals surface area contributed by atoms with Gasteiger partial charge in [-0.25, -0.2) is 19.6 Å². The Kier molecular flexibility index (Phi) is 7.78. The number of carbonyl (C=O) groups excluding carboxylic acids is 2. The average Bonchev–Trinajstić information content (AvgIpc) is 2.63. The van der Waals surface area contributed by atoms with Crippen LogP contribution in [-0.4, -0.2) is 28.1 Å². The first kappa shape index (κ1) is 21.7. The van der Waals surface area contributed by atoms with E-state index in [1.54, 1.807) is 31.2 Å². The minimum Gasteiger partial charge on any atom is -0.434 e. The van der Waals surface area contributed by atoms with E-state index in [-0.39, 0.29) is 12.2 Å². The highest BCUT2D eigenvalue weighted by Crippen LogP contribution is 2.25. The molecular formula is C19H19Cl2N3O4. The number of allylic oxidation sites excluding steroid dienone is 1. The topological polar surface area (TPSA) is 90.4 Å². The zero-order valence-electron chi connectivity index (χ0n) is 15.3. The van der Waals surface area contributed by atoms with Crippen LogP contribution in [0.5, 0.6) is 0 Å². The second-order valence-corrected chi connectivity index (χ2v) is 6.74. The molecule has 0 aliphatic heterocycles. The van der Waals surface area contributed by atoms with Crippen LogP contribution in [-0.2, 0) is 20.7 Å². The average molecular weight is 424 g/mol. The summed E-state index contributed by atoms with van der Waals surface area (Å²) in [7, 11) is 0. The fraction of sp³-hybridized carbons (Fsp3) is 0.263. The number of nitrogens with one attached hydrogen (secondary N) is 1. The highest BCUT2D eigenvalue weighted by atomic mass is 35.5. The SMILES string of the molecule is C=C(C)OC(=O)C(Cc1ncccn1)OC(=O)N[C@@H](C)c1ccc(Cl)c(Cl)c1. The first-order valence-electron chi connectivity index (χ1n) is 8.31. The molecule has 0 aliphatic carbocycles. The summed E-state index contributed by atoms with van der Waals surface area (Å²) < 4.78 is 10.2. The summed E-state index contributed by atoms with van der Waals surface area (Å²) in [5.41, 5.74) is 0.721. The molecule has 0 bridgehead atoms. The molecule has 0 fully saturated rings. The third kappa shape index (κ3) is 6.51. The molecule has 2 rings (SSSR count). The molecule has 0 saturated carbocycles. The number of halogens is 2. The van der Waals surface area contributed by atoms with E-state index in [1.807, 2.05) is 0 Å². The summed E-state index contributed by atoms with van der Waals surface area (Å²) in [4.78, 5) is 32.6. The molecule has 28 heavy (non-hydrogen) atoms. The molecule has 2 aromatic rings. The Balaban J connectivity index is 2.06. The van der Waals surface area contributed by atoms with Crippen molar-refractivity contribution in [1.82, 2.24) is 15.3 Å². The smallest absolute Gasteiger partial charge is 0.408 e. The van der Waals surface area contributed by atoms with Crippen molar-refractivity contribution in [2.45, 2.75) is 32.4 Å². The van der Waals surface area contributed by atoms with Crippen molar-refractivity contribution >= 4 is 35.3 Å². The molecule has 1 unspecified atom stereocenters. The Labute approximate surface area is 172 Å². The summed E-state index contributed by atoms with van der Waals surface area (Å²) in [5.74, 6) is -0.258. The second-order valence-electron chi connectivity index (χ2n) is 5.93. The van der Waals surface area contributed by atoms with E-state index in [2.05, 4.69) is 21.9 Å². The number of rotatable bonds is 7. The molecule has 0 aliphatic rings. The zero-order valence-corrected chi connectivity index (χ0v) is 16.8. The molecule has 2 atom stereocenters. The van der Waals surface area contributed by atoms with Gasteiger partial charge in [0.15, 0.2) is 0 Å². The van der Waals surface area contributed by atoms with Crippen molar-refractivity contribution in [1.29, 1.82) is 0 Å². The third-order valence-corrected chi connectivity index (χ3v) is 4.29. The van der Waals surface area contributed by atoms with E-state index in [1.165, 1.54) is 19.3 Å². The van der Waals surface area contributed by atoms with Crippen LogP contribution < -0.4 is 5.32 Å². The van der Waals surface area contributed by atoms with Crippen LogP contribution in [0.1, 0.15) is 31.3 Å². The van der Waals surface area contributed by atoms with Crippen molar-refractivity contribution in [3.8, 4) is 0 Å². The minimum atomic E-state index is -1.24. The molecule has 1 amide bonds. The Morgan fingerprint density at radius 3 is 2.50 bits per heavy atom. The Morgan fingerprint density at radius 1 is 1.21 bits per heavy atom. The van der Waals surface area contributed by atoms with E-state index in [4.69, 9.17) is 32.7 Å². The van der Waals surface area contributed by atoms with Gasteiger partial charge in [0.1, 0.15) is 5.82 Å². The van der Waals surface area contributed by atoms with E-state index in [0.29, 0.717) is 15.9 Å². The van der Waals surface area contributed by atoms with Gasteiger partial charge in [0.05, 0.1) is 28.3 Å². The molecule has 1 heterocycles. The number of hydrogen-bond acceptors (Lipinski definition) is 6. The molecule has 148 valence electrons. The summed E-state index contributed by atoms with van der Waals surface area (Å²) in [5, 5.41) is 3.41. The third-order valence-electron chi connectivity index (χ3n) is 3.55. The number of nitrogens with zero attached hydrogens (tertiary/aromatic N) is 2. The highest BCUT2D eigenvalue weighted by molar-refractivity contribution is 6.42. The maximum absolute atomic E-state index is 12.3. The number of benzene rings is 1. The van der Waals surface area contributed by atoms with Crippen molar-refractivity contribution in [3.63, 3.8) is 0 Å². The normalized spacial score (nSPS) is 12.6. The molecule has 9 heteroatoms. The summed E-state index contributed by atoms with van der Waals surface area (Å²) in [6.45, 7) is 6.77. The van der Waals surface area contributed by atoms with E-state index in [9.17, 15) is 9.59 Å². The van der Waals surface area contributed by atoms with Gasteiger partial charge in [-0.1, -0.05) is 35.8 Å². The van der Waals surface area contributed by atoms with Gasteiger partial charge in [-0.15, -0.1) is 0 Å². The quantitative estimate of drug-likeness (QED) is 0.528. The first-order valence-corrected chi connectivity index (χ1v) is 9.07. The second kappa shape index (κ2) is 10.1. The number of aromatic nitrogens is 2. The van der Waals surface area contributed by atoms with E-state index in [0.717, 1.165) is 5.56 Å². The lowest BCUT2D eigenvalue weighted by Crippen LogP contribution is -2.37. The number of alkyl carbamates (subject to hydrolysis) is 1. The predicted octanol–water partition coefficient (Wildman–Crippen LogP) is 4.26. The van der Waals surface area contributed by atoms with Crippen LogP contribution in [0.4, 0.5) is 4.79 Å². The molecular weight excluding hydrogens is 405 g/mol. The molecule has 7 nitrogen and oxygen atoms in total. The highest BCUT2D eigenvalue weighted by Gasteiger charge is 2.27. The molecule has 0 radical (unpaired) electrons. The molecule has 0 spiro atoms. The number of esters is 1. The zero-order chi connectivity index (χ0) is 20.7. The molecule has 1 N–H and O–H groups in total. The van der Waals surface area contributed by atoms with Crippen molar-refractivity contribution in [2.75, 3.05) is 0 Å². The Bertz CT molecular complexity index is 862. The Hall–Kier alpha value is -2.64. The van der Waals surface area contributed by atoms with Crippen LogP contribution in [0, 0.1) is 0 Å². The number of amides is 1. The van der Waals surface area contributed by atoms with Gasteiger partial charge < -0.3 is 14.8 Å². The van der Waals surface area contributed by atoms with Gasteiger partial charge in [0.25, 0.3) is 0 Å². The van der Waals surface area contributed by atoms with Gasteiger partial charge >= 0.3 is 12.1 Å². The summed E-state index contributed by atoms with van der Waals surface area (Å²) in [6, 6.07) is 6.19. The first-order chi connectivity index (χ1) is 13.3. The number of carbonyl (C=O) groups is 2. The lowest BCUT2D eigenvalue weighted by atomic mass is 10.1. The van der Waals surface area contributed by atoms with Gasteiger partial charge in [-0.3, -0.25) is 0 Å². The fourth-order valence-corrected chi connectivity index (χ4v) is 2.52. The standard InChI is InChI=1S/C19H19Cl2N3O4/c1-11(2)27-18(25)16(10-17-22-7-4-8-23-17)28-19(26)24-12(3)13-5-6-14(20)15(21)9-13/h4-9,12,16H,1,10H2,2-3H3,(H,24,26)/t12-,16?/m0/s1. The van der Waals surface area contributed by atoms with Crippen LogP contribution in [0.15, 0.2) is 49.0 Å². The fourth-order valence-electron chi connectivity index (χ4n) is 2.22. The predicted molar refractivity (Wildman–Crippen MR) is 105 cm³/mol. The maximum Gasteiger partial charge on any atom is 0.408 e. The van der Waals surface area contributed by atoms with Gasteiger partial charge in [-0.05, 0) is 37.6 Å². The summed E-state index contributed by atoms with van der Waals surface area (Å²) >= 11 is 11.9. The van der Waals surface area contributed by atoms with Crippen LogP contribution in [0.25, 0.3) is 0 Å². The van der Waals surface area contributed by atoms with Gasteiger partial charge in [0.2, 0.25) is 6.10 Å². The Morgan fingerprint density at radius 2 is 1.89 bits per heavy atom. The van der Waals surface area contributed by atoms with Crippen LogP contribution in [0.3, 0.4) is 0 Å². The van der Waals surface area contributed by atoms with Crippen molar-refractivity contribution < 1.29 is 19.1 Å². The summed E-state index contributed by atoms with van der Waals surface area (Å²) in [6.07, 6.45) is 0.964.